The molecule has 0 N–H and O–H groups in total. The summed E-state index contributed by atoms with van der Waals surface area (Å²) in [6.45, 7) is 4.45. The van der Waals surface area contributed by atoms with Gasteiger partial charge in [0.25, 0.3) is 5.91 Å². The molecule has 4 rings (SSSR count). The Morgan fingerprint density at radius 3 is 2.30 bits per heavy atom. The molecule has 9 nitrogen and oxygen atoms in total. The summed E-state index contributed by atoms with van der Waals surface area (Å²) in [6, 6.07) is 9.21. The third-order valence-electron chi connectivity index (χ3n) is 5.23. The zero-order chi connectivity index (χ0) is 21.1. The van der Waals surface area contributed by atoms with Gasteiger partial charge in [-0.25, -0.2) is 4.98 Å². The van der Waals surface area contributed by atoms with E-state index in [1.807, 2.05) is 34.7 Å². The number of carbonyl (C=O) groups is 1. The molecule has 9 heteroatoms. The smallest absolute Gasteiger partial charge is 0.257 e. The standard InChI is InChI=1S/C21H24N6O3/c1-15-22-9-10-27(15)19-8-7-18(23-24-19)25-11-13-26(14-12-25)21(28)16-5-4-6-17(29-2)20(16)30-3/h4-10H,11-14H2,1-3H3. The van der Waals surface area contributed by atoms with Crippen LogP contribution in [0.25, 0.3) is 5.82 Å². The predicted molar refractivity (Wildman–Crippen MR) is 112 cm³/mol. The van der Waals surface area contributed by atoms with Gasteiger partial charge in [0.2, 0.25) is 0 Å². The zero-order valence-electron chi connectivity index (χ0n) is 17.3. The minimum Gasteiger partial charge on any atom is -0.493 e. The summed E-state index contributed by atoms with van der Waals surface area (Å²) in [7, 11) is 3.10. The van der Waals surface area contributed by atoms with E-state index in [2.05, 4.69) is 20.1 Å². The molecule has 0 saturated carbocycles. The van der Waals surface area contributed by atoms with Gasteiger partial charge in [-0.05, 0) is 31.2 Å². The number of aromatic nitrogens is 4. The molecule has 1 amide bonds. The number of aryl methyl sites for hydroxylation is 1. The van der Waals surface area contributed by atoms with Crippen LogP contribution in [0.2, 0.25) is 0 Å². The van der Waals surface area contributed by atoms with E-state index in [9.17, 15) is 4.79 Å². The molecule has 156 valence electrons. The van der Waals surface area contributed by atoms with Crippen LogP contribution in [0.15, 0.2) is 42.7 Å². The van der Waals surface area contributed by atoms with Gasteiger partial charge in [0, 0.05) is 38.6 Å². The van der Waals surface area contributed by atoms with Crippen molar-refractivity contribution in [2.75, 3.05) is 45.3 Å². The predicted octanol–water partition coefficient (Wildman–Crippen LogP) is 1.95. The number of ether oxygens (including phenoxy) is 2. The first kappa shape index (κ1) is 19.7. The van der Waals surface area contributed by atoms with Crippen LogP contribution in [0.3, 0.4) is 0 Å². The molecule has 0 atom stereocenters. The number of imidazole rings is 1. The molecule has 0 spiro atoms. The number of hydrogen-bond donors (Lipinski definition) is 0. The van der Waals surface area contributed by atoms with E-state index in [0.717, 1.165) is 17.5 Å². The molecule has 2 aromatic heterocycles. The fraction of sp³-hybridized carbons (Fsp3) is 0.333. The highest BCUT2D eigenvalue weighted by Gasteiger charge is 2.26. The second-order valence-corrected chi connectivity index (χ2v) is 6.91. The first-order valence-electron chi connectivity index (χ1n) is 9.71. The second kappa shape index (κ2) is 8.40. The number of hydrogen-bond acceptors (Lipinski definition) is 7. The van der Waals surface area contributed by atoms with Crippen molar-refractivity contribution in [2.45, 2.75) is 6.92 Å². The Morgan fingerprint density at radius 2 is 1.70 bits per heavy atom. The fourth-order valence-electron chi connectivity index (χ4n) is 3.60. The molecule has 0 aliphatic carbocycles. The highest BCUT2D eigenvalue weighted by atomic mass is 16.5. The molecule has 0 bridgehead atoms. The van der Waals surface area contributed by atoms with Gasteiger partial charge in [0.15, 0.2) is 23.1 Å². The molecule has 1 aromatic carbocycles. The van der Waals surface area contributed by atoms with Crippen LogP contribution in [0.5, 0.6) is 11.5 Å². The summed E-state index contributed by atoms with van der Waals surface area (Å²) in [5.41, 5.74) is 0.505. The summed E-state index contributed by atoms with van der Waals surface area (Å²) in [5.74, 6) is 3.32. The highest BCUT2D eigenvalue weighted by molar-refractivity contribution is 5.98. The largest absolute Gasteiger partial charge is 0.493 e. The normalized spacial score (nSPS) is 14.0. The minimum absolute atomic E-state index is 0.0672. The molecular weight excluding hydrogens is 384 g/mol. The molecule has 1 fully saturated rings. The van der Waals surface area contributed by atoms with Gasteiger partial charge in [-0.3, -0.25) is 9.36 Å². The summed E-state index contributed by atoms with van der Waals surface area (Å²) < 4.78 is 12.6. The number of anilines is 1. The van der Waals surface area contributed by atoms with Crippen LogP contribution < -0.4 is 14.4 Å². The van der Waals surface area contributed by atoms with Gasteiger partial charge in [-0.15, -0.1) is 10.2 Å². The lowest BCUT2D eigenvalue weighted by Gasteiger charge is -2.35. The number of carbonyl (C=O) groups excluding carboxylic acids is 1. The van der Waals surface area contributed by atoms with Gasteiger partial charge < -0.3 is 19.3 Å². The number of piperazine rings is 1. The number of methoxy groups -OCH3 is 2. The lowest BCUT2D eigenvalue weighted by atomic mass is 10.1. The van der Waals surface area contributed by atoms with Gasteiger partial charge in [-0.2, -0.15) is 0 Å². The third kappa shape index (κ3) is 3.66. The lowest BCUT2D eigenvalue weighted by molar-refractivity contribution is 0.0742. The SMILES string of the molecule is COc1cccc(C(=O)N2CCN(c3ccc(-n4ccnc4C)nn3)CC2)c1OC. The monoisotopic (exact) mass is 408 g/mol. The number of amides is 1. The van der Waals surface area contributed by atoms with Gasteiger partial charge in [0.05, 0.1) is 19.8 Å². The van der Waals surface area contributed by atoms with Crippen molar-refractivity contribution in [3.63, 3.8) is 0 Å². The van der Waals surface area contributed by atoms with E-state index >= 15 is 0 Å². The Kier molecular flexibility index (Phi) is 5.51. The molecule has 3 aromatic rings. The first-order chi connectivity index (χ1) is 14.6. The highest BCUT2D eigenvalue weighted by Crippen LogP contribution is 2.31. The average molecular weight is 408 g/mol. The van der Waals surface area contributed by atoms with E-state index in [1.165, 1.54) is 0 Å². The zero-order valence-corrected chi connectivity index (χ0v) is 17.3. The van der Waals surface area contributed by atoms with Crippen LogP contribution in [-0.2, 0) is 0 Å². The molecule has 30 heavy (non-hydrogen) atoms. The Morgan fingerprint density at radius 1 is 0.967 bits per heavy atom. The Hall–Kier alpha value is -3.62. The van der Waals surface area contributed by atoms with Crippen molar-refractivity contribution in [3.05, 3.63) is 54.1 Å². The van der Waals surface area contributed by atoms with Crippen LogP contribution in [0.4, 0.5) is 5.82 Å². The van der Waals surface area contributed by atoms with Crippen molar-refractivity contribution < 1.29 is 14.3 Å². The van der Waals surface area contributed by atoms with E-state index in [0.29, 0.717) is 43.2 Å². The Labute approximate surface area is 174 Å². The van der Waals surface area contributed by atoms with Crippen LogP contribution in [0.1, 0.15) is 16.2 Å². The van der Waals surface area contributed by atoms with E-state index in [-0.39, 0.29) is 5.91 Å². The average Bonchev–Trinajstić information content (AvgIpc) is 3.24. The van der Waals surface area contributed by atoms with Crippen molar-refractivity contribution in [1.29, 1.82) is 0 Å². The summed E-state index contributed by atoms with van der Waals surface area (Å²) in [4.78, 5) is 21.2. The number of para-hydroxylation sites is 1. The Bertz CT molecular complexity index is 1030. The molecule has 1 saturated heterocycles. The molecule has 1 aliphatic rings. The fourth-order valence-corrected chi connectivity index (χ4v) is 3.60. The van der Waals surface area contributed by atoms with Crippen molar-refractivity contribution in [1.82, 2.24) is 24.6 Å². The summed E-state index contributed by atoms with van der Waals surface area (Å²) >= 11 is 0. The molecule has 3 heterocycles. The molecule has 0 radical (unpaired) electrons. The summed E-state index contributed by atoms with van der Waals surface area (Å²) in [5, 5.41) is 8.69. The van der Waals surface area contributed by atoms with Gasteiger partial charge in [0.1, 0.15) is 5.82 Å². The maximum absolute atomic E-state index is 13.0. The Balaban J connectivity index is 1.43. The molecule has 0 unspecified atom stereocenters. The second-order valence-electron chi connectivity index (χ2n) is 6.91. The molecular formula is C21H24N6O3. The van der Waals surface area contributed by atoms with E-state index in [4.69, 9.17) is 9.47 Å². The number of nitrogens with zero attached hydrogens (tertiary/aromatic N) is 6. The van der Waals surface area contributed by atoms with Gasteiger partial charge in [-0.1, -0.05) is 6.07 Å². The van der Waals surface area contributed by atoms with Crippen LogP contribution in [0, 0.1) is 6.92 Å². The van der Waals surface area contributed by atoms with Gasteiger partial charge >= 0.3 is 0 Å². The van der Waals surface area contributed by atoms with Crippen molar-refractivity contribution in [3.8, 4) is 17.3 Å². The number of benzene rings is 1. The van der Waals surface area contributed by atoms with E-state index in [1.54, 1.807) is 38.6 Å². The number of rotatable bonds is 5. The van der Waals surface area contributed by atoms with Crippen molar-refractivity contribution >= 4 is 11.7 Å². The summed E-state index contributed by atoms with van der Waals surface area (Å²) in [6.07, 6.45) is 3.59. The van der Waals surface area contributed by atoms with Crippen LogP contribution >= 0.6 is 0 Å². The quantitative estimate of drug-likeness (QED) is 0.638. The minimum atomic E-state index is -0.0672. The van der Waals surface area contributed by atoms with Crippen LogP contribution in [-0.4, -0.2) is 71.0 Å². The maximum Gasteiger partial charge on any atom is 0.257 e. The lowest BCUT2D eigenvalue weighted by Crippen LogP contribution is -2.49. The third-order valence-corrected chi connectivity index (χ3v) is 5.23. The first-order valence-corrected chi connectivity index (χ1v) is 9.71. The van der Waals surface area contributed by atoms with E-state index < -0.39 is 0 Å². The van der Waals surface area contributed by atoms with Crippen molar-refractivity contribution in [2.24, 2.45) is 0 Å². The topological polar surface area (TPSA) is 85.6 Å². The maximum atomic E-state index is 13.0. The molecule has 1 aliphatic heterocycles.